The Morgan fingerprint density at radius 3 is 2.65 bits per heavy atom. The molecule has 1 heterocycles. The van der Waals surface area contributed by atoms with Crippen LogP contribution in [0.1, 0.15) is 11.6 Å². The summed E-state index contributed by atoms with van der Waals surface area (Å²) in [5.41, 5.74) is 4.58. The zero-order valence-corrected chi connectivity index (χ0v) is 8.52. The van der Waals surface area contributed by atoms with Crippen molar-refractivity contribution in [1.82, 2.24) is 10.9 Å². The first-order chi connectivity index (χ1) is 8.00. The van der Waals surface area contributed by atoms with E-state index in [0.29, 0.717) is 0 Å². The van der Waals surface area contributed by atoms with E-state index in [-0.39, 0.29) is 5.56 Å². The third-order valence-electron chi connectivity index (χ3n) is 2.66. The van der Waals surface area contributed by atoms with E-state index >= 15 is 0 Å². The van der Waals surface area contributed by atoms with Crippen LogP contribution in [0.4, 0.5) is 8.78 Å². The zero-order valence-electron chi connectivity index (χ0n) is 8.52. The fourth-order valence-corrected chi connectivity index (χ4v) is 1.84. The molecule has 0 saturated carbocycles. The van der Waals surface area contributed by atoms with Crippen molar-refractivity contribution >= 4 is 5.97 Å². The highest BCUT2D eigenvalue weighted by Crippen LogP contribution is 2.30. The minimum Gasteiger partial charge on any atom is -0.481 e. The molecule has 1 aromatic rings. The van der Waals surface area contributed by atoms with Crippen LogP contribution < -0.4 is 10.9 Å². The Labute approximate surface area is 95.0 Å². The molecule has 92 valence electrons. The molecule has 0 aromatic heterocycles. The van der Waals surface area contributed by atoms with Gasteiger partial charge in [-0.1, -0.05) is 0 Å². The molecule has 5 nitrogen and oxygen atoms in total. The summed E-state index contributed by atoms with van der Waals surface area (Å²) in [5, 5.41) is 18.3. The molecule has 1 aliphatic rings. The lowest BCUT2D eigenvalue weighted by molar-refractivity contribution is -0.145. The third kappa shape index (κ3) is 2.12. The molecule has 0 bridgehead atoms. The van der Waals surface area contributed by atoms with E-state index in [9.17, 15) is 18.7 Å². The molecule has 0 amide bonds. The van der Waals surface area contributed by atoms with Crippen LogP contribution in [-0.2, 0) is 4.79 Å². The van der Waals surface area contributed by atoms with Gasteiger partial charge in [-0.05, 0) is 18.2 Å². The molecule has 3 unspecified atom stereocenters. The predicted octanol–water partition coefficient (Wildman–Crippen LogP) is 0.133. The highest BCUT2D eigenvalue weighted by atomic mass is 19.1. The fraction of sp³-hybridized carbons (Fsp3) is 0.300. The lowest BCUT2D eigenvalue weighted by Crippen LogP contribution is -2.33. The van der Waals surface area contributed by atoms with Crippen LogP contribution in [0.3, 0.4) is 0 Å². The summed E-state index contributed by atoms with van der Waals surface area (Å²) < 4.78 is 26.5. The average Bonchev–Trinajstić information content (AvgIpc) is 2.64. The van der Waals surface area contributed by atoms with Crippen molar-refractivity contribution in [3.63, 3.8) is 0 Å². The molecule has 1 aliphatic heterocycles. The first kappa shape index (κ1) is 11.9. The number of hydrogen-bond donors (Lipinski definition) is 4. The number of hydrogen-bond acceptors (Lipinski definition) is 4. The van der Waals surface area contributed by atoms with Crippen molar-refractivity contribution in [3.05, 3.63) is 35.4 Å². The molecular formula is C10H10F2N2O3. The number of nitrogens with one attached hydrogen (secondary N) is 2. The van der Waals surface area contributed by atoms with Crippen molar-refractivity contribution < 1.29 is 23.8 Å². The maximum atomic E-state index is 13.5. The van der Waals surface area contributed by atoms with Crippen LogP contribution in [0.2, 0.25) is 0 Å². The molecule has 2 rings (SSSR count). The lowest BCUT2D eigenvalue weighted by Gasteiger charge is -2.16. The first-order valence-corrected chi connectivity index (χ1v) is 4.87. The number of rotatable bonds is 2. The second-order valence-electron chi connectivity index (χ2n) is 3.74. The number of aliphatic hydroxyl groups is 1. The quantitative estimate of drug-likeness (QED) is 0.594. The van der Waals surface area contributed by atoms with Crippen LogP contribution >= 0.6 is 0 Å². The number of carboxylic acid groups (broad SMARTS) is 1. The van der Waals surface area contributed by atoms with Gasteiger partial charge in [0.2, 0.25) is 0 Å². The van der Waals surface area contributed by atoms with E-state index in [1.807, 2.05) is 0 Å². The van der Waals surface area contributed by atoms with Gasteiger partial charge in [0.15, 0.2) is 0 Å². The normalized spacial score (nSPS) is 28.3. The summed E-state index contributed by atoms with van der Waals surface area (Å²) in [6.07, 6.45) is -1.36. The molecule has 0 radical (unpaired) electrons. The van der Waals surface area contributed by atoms with Gasteiger partial charge in [-0.15, -0.1) is 0 Å². The van der Waals surface area contributed by atoms with Crippen molar-refractivity contribution in [2.75, 3.05) is 0 Å². The van der Waals surface area contributed by atoms with Gasteiger partial charge >= 0.3 is 5.97 Å². The van der Waals surface area contributed by atoms with Gasteiger partial charge in [-0.3, -0.25) is 4.79 Å². The SMILES string of the molecule is O=C(O)C1C(O)NNC1c1cc(F)ccc1F. The first-order valence-electron chi connectivity index (χ1n) is 4.87. The largest absolute Gasteiger partial charge is 0.481 e. The fourth-order valence-electron chi connectivity index (χ4n) is 1.84. The second-order valence-corrected chi connectivity index (χ2v) is 3.74. The molecule has 1 fully saturated rings. The number of halogens is 2. The summed E-state index contributed by atoms with van der Waals surface area (Å²) in [6, 6.07) is 1.73. The van der Waals surface area contributed by atoms with E-state index in [4.69, 9.17) is 5.11 Å². The molecule has 0 spiro atoms. The monoisotopic (exact) mass is 244 g/mol. The zero-order chi connectivity index (χ0) is 12.6. The van der Waals surface area contributed by atoms with E-state index in [2.05, 4.69) is 10.9 Å². The summed E-state index contributed by atoms with van der Waals surface area (Å²) >= 11 is 0. The Morgan fingerprint density at radius 1 is 1.29 bits per heavy atom. The molecule has 3 atom stereocenters. The van der Waals surface area contributed by atoms with Gasteiger partial charge in [-0.2, -0.15) is 0 Å². The number of aliphatic carboxylic acids is 1. The van der Waals surface area contributed by atoms with Crippen molar-refractivity contribution in [2.24, 2.45) is 5.92 Å². The molecule has 1 aromatic carbocycles. The van der Waals surface area contributed by atoms with Gasteiger partial charge in [-0.25, -0.2) is 19.6 Å². The molecule has 0 aliphatic carbocycles. The van der Waals surface area contributed by atoms with E-state index in [1.54, 1.807) is 0 Å². The molecular weight excluding hydrogens is 234 g/mol. The van der Waals surface area contributed by atoms with E-state index < -0.39 is 35.8 Å². The average molecular weight is 244 g/mol. The highest BCUT2D eigenvalue weighted by Gasteiger charge is 2.42. The number of aliphatic hydroxyl groups excluding tert-OH is 1. The minimum absolute atomic E-state index is 0.138. The highest BCUT2D eigenvalue weighted by molar-refractivity contribution is 5.72. The Kier molecular flexibility index (Phi) is 3.05. The summed E-state index contributed by atoms with van der Waals surface area (Å²) in [7, 11) is 0. The molecule has 17 heavy (non-hydrogen) atoms. The Bertz CT molecular complexity index is 455. The molecule has 1 saturated heterocycles. The van der Waals surface area contributed by atoms with Crippen molar-refractivity contribution in [1.29, 1.82) is 0 Å². The Morgan fingerprint density at radius 2 is 2.00 bits per heavy atom. The Balaban J connectivity index is 2.39. The van der Waals surface area contributed by atoms with Crippen molar-refractivity contribution in [2.45, 2.75) is 12.3 Å². The van der Waals surface area contributed by atoms with Crippen LogP contribution in [0.25, 0.3) is 0 Å². The number of benzene rings is 1. The number of carboxylic acids is 1. The van der Waals surface area contributed by atoms with Crippen LogP contribution in [-0.4, -0.2) is 22.4 Å². The smallest absolute Gasteiger partial charge is 0.312 e. The molecule has 4 N–H and O–H groups in total. The molecule has 7 heteroatoms. The van der Waals surface area contributed by atoms with E-state index in [1.165, 1.54) is 0 Å². The van der Waals surface area contributed by atoms with Gasteiger partial charge in [0.25, 0.3) is 0 Å². The van der Waals surface area contributed by atoms with Crippen LogP contribution in [0, 0.1) is 17.6 Å². The number of carbonyl (C=O) groups is 1. The predicted molar refractivity (Wildman–Crippen MR) is 52.5 cm³/mol. The summed E-state index contributed by atoms with van der Waals surface area (Å²) in [4.78, 5) is 10.9. The standard InChI is InChI=1S/C10H10F2N2O3/c11-4-1-2-6(12)5(3-4)8-7(10(16)17)9(15)14-13-8/h1-3,7-9,13-15H,(H,16,17). The van der Waals surface area contributed by atoms with Gasteiger partial charge < -0.3 is 10.2 Å². The topological polar surface area (TPSA) is 81.6 Å². The lowest BCUT2D eigenvalue weighted by atomic mass is 9.93. The summed E-state index contributed by atoms with van der Waals surface area (Å²) in [5.74, 6) is -3.99. The third-order valence-corrected chi connectivity index (χ3v) is 2.66. The van der Waals surface area contributed by atoms with E-state index in [0.717, 1.165) is 18.2 Å². The maximum Gasteiger partial charge on any atom is 0.312 e. The minimum atomic E-state index is -1.36. The van der Waals surface area contributed by atoms with Crippen LogP contribution in [0.15, 0.2) is 18.2 Å². The van der Waals surface area contributed by atoms with Crippen LogP contribution in [0.5, 0.6) is 0 Å². The van der Waals surface area contributed by atoms with Gasteiger partial charge in [0.1, 0.15) is 23.8 Å². The number of hydrazine groups is 1. The maximum absolute atomic E-state index is 13.5. The van der Waals surface area contributed by atoms with Crippen molar-refractivity contribution in [3.8, 4) is 0 Å². The second kappa shape index (κ2) is 4.36. The van der Waals surface area contributed by atoms with Gasteiger partial charge in [0.05, 0.1) is 6.04 Å². The Hall–Kier alpha value is -1.57. The van der Waals surface area contributed by atoms with Gasteiger partial charge in [0, 0.05) is 5.56 Å². The summed E-state index contributed by atoms with van der Waals surface area (Å²) in [6.45, 7) is 0.